The second-order valence-electron chi connectivity index (χ2n) is 3.73. The van der Waals surface area contributed by atoms with Gasteiger partial charge in [-0.25, -0.2) is 0 Å². The van der Waals surface area contributed by atoms with Gasteiger partial charge in [0, 0.05) is 31.1 Å². The van der Waals surface area contributed by atoms with Crippen molar-refractivity contribution in [3.05, 3.63) is 22.4 Å². The van der Waals surface area contributed by atoms with Crippen molar-refractivity contribution in [2.75, 3.05) is 32.8 Å². The van der Waals surface area contributed by atoms with Gasteiger partial charge >= 0.3 is 0 Å². The summed E-state index contributed by atoms with van der Waals surface area (Å²) in [5, 5.41) is 8.89. The van der Waals surface area contributed by atoms with E-state index in [9.17, 15) is 0 Å². The van der Waals surface area contributed by atoms with Crippen molar-refractivity contribution in [1.82, 2.24) is 10.6 Å². The van der Waals surface area contributed by atoms with Crippen LogP contribution in [0.1, 0.15) is 4.88 Å². The summed E-state index contributed by atoms with van der Waals surface area (Å²) in [6.45, 7) is 4.81. The lowest BCUT2D eigenvalue weighted by Crippen LogP contribution is -2.44. The Morgan fingerprint density at radius 2 is 2.60 bits per heavy atom. The van der Waals surface area contributed by atoms with Gasteiger partial charge in [0.1, 0.15) is 0 Å². The Bertz CT molecular complexity index is 258. The topological polar surface area (TPSA) is 33.3 Å². The number of rotatable bonds is 5. The molecule has 0 saturated carbocycles. The van der Waals surface area contributed by atoms with Crippen LogP contribution >= 0.6 is 11.3 Å². The molecule has 2 heterocycles. The summed E-state index contributed by atoms with van der Waals surface area (Å²) < 4.78 is 5.59. The molecular weight excluding hydrogens is 208 g/mol. The Morgan fingerprint density at radius 3 is 3.33 bits per heavy atom. The molecule has 1 saturated heterocycles. The van der Waals surface area contributed by atoms with Crippen LogP contribution in [0.2, 0.25) is 0 Å². The zero-order valence-electron chi connectivity index (χ0n) is 8.87. The quantitative estimate of drug-likeness (QED) is 0.731. The second-order valence-corrected chi connectivity index (χ2v) is 4.76. The summed E-state index contributed by atoms with van der Waals surface area (Å²) in [5.41, 5.74) is 0. The van der Waals surface area contributed by atoms with E-state index in [2.05, 4.69) is 28.1 Å². The van der Waals surface area contributed by atoms with Crippen LogP contribution in [0.25, 0.3) is 0 Å². The van der Waals surface area contributed by atoms with Crippen molar-refractivity contribution >= 4 is 11.3 Å². The lowest BCUT2D eigenvalue weighted by atomic mass is 10.3. The van der Waals surface area contributed by atoms with Gasteiger partial charge in [0.05, 0.1) is 12.7 Å². The molecule has 0 amide bonds. The molecule has 0 aliphatic carbocycles. The van der Waals surface area contributed by atoms with Gasteiger partial charge in [-0.15, -0.1) is 11.3 Å². The van der Waals surface area contributed by atoms with E-state index in [4.69, 9.17) is 4.74 Å². The van der Waals surface area contributed by atoms with E-state index in [1.165, 1.54) is 4.88 Å². The maximum Gasteiger partial charge on any atom is 0.0824 e. The minimum absolute atomic E-state index is 0.349. The van der Waals surface area contributed by atoms with Crippen molar-refractivity contribution in [2.24, 2.45) is 0 Å². The zero-order valence-corrected chi connectivity index (χ0v) is 9.69. The highest BCUT2D eigenvalue weighted by Crippen LogP contribution is 2.08. The highest BCUT2D eigenvalue weighted by atomic mass is 32.1. The van der Waals surface area contributed by atoms with Gasteiger partial charge in [-0.3, -0.25) is 0 Å². The SMILES string of the molecule is c1csc(CCNCC2CNCCO2)c1. The molecule has 0 spiro atoms. The van der Waals surface area contributed by atoms with E-state index in [0.29, 0.717) is 6.10 Å². The van der Waals surface area contributed by atoms with E-state index < -0.39 is 0 Å². The minimum Gasteiger partial charge on any atom is -0.374 e. The van der Waals surface area contributed by atoms with E-state index in [1.54, 1.807) is 0 Å². The van der Waals surface area contributed by atoms with Gasteiger partial charge in [0.2, 0.25) is 0 Å². The van der Waals surface area contributed by atoms with Gasteiger partial charge in [0.25, 0.3) is 0 Å². The Labute approximate surface area is 94.8 Å². The van der Waals surface area contributed by atoms with Gasteiger partial charge in [0.15, 0.2) is 0 Å². The molecule has 4 heteroatoms. The predicted octanol–water partition coefficient (Wildman–Crippen LogP) is 0.869. The molecular formula is C11H18N2OS. The highest BCUT2D eigenvalue weighted by Gasteiger charge is 2.11. The number of thiophene rings is 1. The molecule has 84 valence electrons. The standard InChI is InChI=1S/C11H18N2OS/c1-2-11(15-7-1)3-4-12-8-10-9-13-5-6-14-10/h1-2,7,10,12-13H,3-6,8-9H2. The molecule has 1 aromatic rings. The van der Waals surface area contributed by atoms with Crippen molar-refractivity contribution in [1.29, 1.82) is 0 Å². The number of nitrogens with one attached hydrogen (secondary N) is 2. The van der Waals surface area contributed by atoms with Crippen molar-refractivity contribution in [3.8, 4) is 0 Å². The molecule has 1 aliphatic rings. The summed E-state index contributed by atoms with van der Waals surface area (Å²) in [7, 11) is 0. The fraction of sp³-hybridized carbons (Fsp3) is 0.636. The first-order valence-corrected chi connectivity index (χ1v) is 6.38. The Balaban J connectivity index is 1.54. The van der Waals surface area contributed by atoms with E-state index in [0.717, 1.165) is 39.2 Å². The summed E-state index contributed by atoms with van der Waals surface area (Å²) in [6, 6.07) is 4.29. The van der Waals surface area contributed by atoms with Crippen molar-refractivity contribution in [2.45, 2.75) is 12.5 Å². The monoisotopic (exact) mass is 226 g/mol. The molecule has 0 radical (unpaired) electrons. The Hall–Kier alpha value is -0.420. The number of hydrogen-bond acceptors (Lipinski definition) is 4. The van der Waals surface area contributed by atoms with Crippen LogP contribution in [-0.2, 0) is 11.2 Å². The predicted molar refractivity (Wildman–Crippen MR) is 63.5 cm³/mol. The highest BCUT2D eigenvalue weighted by molar-refractivity contribution is 7.09. The van der Waals surface area contributed by atoms with E-state index >= 15 is 0 Å². The number of hydrogen-bond donors (Lipinski definition) is 2. The molecule has 3 nitrogen and oxygen atoms in total. The molecule has 1 atom stereocenters. The minimum atomic E-state index is 0.349. The van der Waals surface area contributed by atoms with Crippen LogP contribution in [-0.4, -0.2) is 38.9 Å². The molecule has 1 aliphatic heterocycles. The van der Waals surface area contributed by atoms with Crippen LogP contribution in [0.5, 0.6) is 0 Å². The average Bonchev–Trinajstić information content (AvgIpc) is 2.79. The van der Waals surface area contributed by atoms with Crippen LogP contribution < -0.4 is 10.6 Å². The summed E-state index contributed by atoms with van der Waals surface area (Å²) in [4.78, 5) is 1.45. The Kier molecular flexibility index (Phi) is 4.60. The first-order chi connectivity index (χ1) is 7.45. The van der Waals surface area contributed by atoms with Crippen LogP contribution in [0, 0.1) is 0 Å². The summed E-state index contributed by atoms with van der Waals surface area (Å²) in [6.07, 6.45) is 1.47. The van der Waals surface area contributed by atoms with Gasteiger partial charge in [-0.05, 0) is 17.9 Å². The third kappa shape index (κ3) is 3.91. The first-order valence-electron chi connectivity index (χ1n) is 5.50. The normalized spacial score (nSPS) is 21.7. The number of ether oxygens (including phenoxy) is 1. The fourth-order valence-electron chi connectivity index (χ4n) is 1.68. The van der Waals surface area contributed by atoms with Crippen LogP contribution in [0.4, 0.5) is 0 Å². The second kappa shape index (κ2) is 6.23. The van der Waals surface area contributed by atoms with Gasteiger partial charge < -0.3 is 15.4 Å². The molecule has 1 unspecified atom stereocenters. The molecule has 1 aromatic heterocycles. The van der Waals surface area contributed by atoms with Crippen LogP contribution in [0.3, 0.4) is 0 Å². The van der Waals surface area contributed by atoms with Gasteiger partial charge in [-0.2, -0.15) is 0 Å². The third-order valence-electron chi connectivity index (χ3n) is 2.50. The lowest BCUT2D eigenvalue weighted by molar-refractivity contribution is 0.0294. The van der Waals surface area contributed by atoms with E-state index in [1.807, 2.05) is 11.3 Å². The maximum atomic E-state index is 5.59. The Morgan fingerprint density at radius 1 is 1.60 bits per heavy atom. The summed E-state index contributed by atoms with van der Waals surface area (Å²) >= 11 is 1.83. The zero-order chi connectivity index (χ0) is 10.3. The van der Waals surface area contributed by atoms with E-state index in [-0.39, 0.29) is 0 Å². The number of morpholine rings is 1. The van der Waals surface area contributed by atoms with Gasteiger partial charge in [-0.1, -0.05) is 6.07 Å². The molecule has 2 rings (SSSR count). The molecule has 0 bridgehead atoms. The lowest BCUT2D eigenvalue weighted by Gasteiger charge is -2.23. The molecule has 0 aromatic carbocycles. The smallest absolute Gasteiger partial charge is 0.0824 e. The summed E-state index contributed by atoms with van der Waals surface area (Å²) in [5.74, 6) is 0. The first kappa shape index (κ1) is 11.1. The fourth-order valence-corrected chi connectivity index (χ4v) is 2.39. The molecule has 15 heavy (non-hydrogen) atoms. The maximum absolute atomic E-state index is 5.59. The van der Waals surface area contributed by atoms with Crippen LogP contribution in [0.15, 0.2) is 17.5 Å². The molecule has 1 fully saturated rings. The molecule has 2 N–H and O–H groups in total. The average molecular weight is 226 g/mol. The third-order valence-corrected chi connectivity index (χ3v) is 3.44. The largest absolute Gasteiger partial charge is 0.374 e. The van der Waals surface area contributed by atoms with Crippen molar-refractivity contribution in [3.63, 3.8) is 0 Å². The van der Waals surface area contributed by atoms with Crippen molar-refractivity contribution < 1.29 is 4.74 Å².